The van der Waals surface area contributed by atoms with Crippen LogP contribution in [0.25, 0.3) is 11.0 Å². The van der Waals surface area contributed by atoms with Crippen LogP contribution < -0.4 is 0 Å². The van der Waals surface area contributed by atoms with Gasteiger partial charge in [-0.05, 0) is 25.5 Å². The molecule has 106 valence electrons. The molecule has 0 amide bonds. The molecule has 2 heteroatoms. The summed E-state index contributed by atoms with van der Waals surface area (Å²) in [6.45, 7) is 6.02. The van der Waals surface area contributed by atoms with Gasteiger partial charge in [-0.3, -0.25) is 4.79 Å². The quantitative estimate of drug-likeness (QED) is 0.641. The van der Waals surface area contributed by atoms with E-state index in [9.17, 15) is 4.79 Å². The van der Waals surface area contributed by atoms with E-state index in [0.29, 0.717) is 12.0 Å². The van der Waals surface area contributed by atoms with Gasteiger partial charge in [0.15, 0.2) is 5.78 Å². The van der Waals surface area contributed by atoms with Gasteiger partial charge >= 0.3 is 0 Å². The van der Waals surface area contributed by atoms with Crippen molar-refractivity contribution in [3.63, 3.8) is 0 Å². The monoisotopic (exact) mass is 278 g/mol. The highest BCUT2D eigenvalue weighted by molar-refractivity contribution is 6.17. The fourth-order valence-electron chi connectivity index (χ4n) is 2.80. The van der Waals surface area contributed by atoms with Gasteiger partial charge in [-0.1, -0.05) is 48.9 Å². The van der Waals surface area contributed by atoms with Crippen molar-refractivity contribution in [1.82, 2.24) is 0 Å². The molecular formula is C19H18O2. The Bertz CT molecular complexity index is 825. The number of carbonyl (C=O) groups is 1. The molecule has 1 aromatic heterocycles. The molecule has 0 unspecified atom stereocenters. The Morgan fingerprint density at radius 1 is 1.10 bits per heavy atom. The summed E-state index contributed by atoms with van der Waals surface area (Å²) >= 11 is 0. The highest BCUT2D eigenvalue weighted by atomic mass is 16.3. The van der Waals surface area contributed by atoms with E-state index in [4.69, 9.17) is 4.42 Å². The van der Waals surface area contributed by atoms with Crippen molar-refractivity contribution in [2.45, 2.75) is 27.2 Å². The Kier molecular flexibility index (Phi) is 3.38. The largest absolute Gasteiger partial charge is 0.460 e. The normalized spacial score (nSPS) is 11.0. The maximum absolute atomic E-state index is 13.0. The van der Waals surface area contributed by atoms with E-state index in [-0.39, 0.29) is 5.78 Å². The van der Waals surface area contributed by atoms with Gasteiger partial charge in [-0.25, -0.2) is 0 Å². The summed E-state index contributed by atoms with van der Waals surface area (Å²) in [6, 6.07) is 13.7. The highest BCUT2D eigenvalue weighted by Crippen LogP contribution is 2.29. The minimum Gasteiger partial charge on any atom is -0.460 e. The number of carbonyl (C=O) groups excluding carboxylic acids is 1. The molecule has 1 heterocycles. The van der Waals surface area contributed by atoms with Crippen LogP contribution in [0, 0.1) is 13.8 Å². The number of para-hydroxylation sites is 1. The minimum atomic E-state index is 0.0503. The topological polar surface area (TPSA) is 30.2 Å². The molecule has 0 fully saturated rings. The molecule has 0 aliphatic rings. The molecule has 21 heavy (non-hydrogen) atoms. The maximum Gasteiger partial charge on any atom is 0.197 e. The first-order valence-corrected chi connectivity index (χ1v) is 7.24. The van der Waals surface area contributed by atoms with Gasteiger partial charge in [-0.15, -0.1) is 0 Å². The lowest BCUT2D eigenvalue weighted by Crippen LogP contribution is -2.05. The summed E-state index contributed by atoms with van der Waals surface area (Å²) < 4.78 is 5.83. The summed E-state index contributed by atoms with van der Waals surface area (Å²) in [6.07, 6.45) is 0.709. The van der Waals surface area contributed by atoms with Gasteiger partial charge in [0, 0.05) is 17.4 Å². The van der Waals surface area contributed by atoms with Crippen LogP contribution in [0.1, 0.15) is 39.7 Å². The SMILES string of the molecule is CCc1oc2ccccc2c1C(=O)c1ccc(C)cc1C. The first-order chi connectivity index (χ1) is 10.1. The van der Waals surface area contributed by atoms with E-state index in [1.54, 1.807) is 0 Å². The van der Waals surface area contributed by atoms with Gasteiger partial charge < -0.3 is 4.42 Å². The first kappa shape index (κ1) is 13.6. The Morgan fingerprint density at radius 3 is 2.57 bits per heavy atom. The Balaban J connectivity index is 2.21. The summed E-state index contributed by atoms with van der Waals surface area (Å²) in [7, 11) is 0. The smallest absolute Gasteiger partial charge is 0.197 e. The van der Waals surface area contributed by atoms with Gasteiger partial charge in [0.1, 0.15) is 11.3 Å². The second-order valence-electron chi connectivity index (χ2n) is 5.40. The number of hydrogen-bond acceptors (Lipinski definition) is 2. The predicted octanol–water partition coefficient (Wildman–Crippen LogP) is 4.84. The average Bonchev–Trinajstić information content (AvgIpc) is 2.85. The van der Waals surface area contributed by atoms with E-state index in [1.165, 1.54) is 0 Å². The fourth-order valence-corrected chi connectivity index (χ4v) is 2.80. The second kappa shape index (κ2) is 5.21. The van der Waals surface area contributed by atoms with Crippen molar-refractivity contribution in [3.8, 4) is 0 Å². The molecule has 3 aromatic rings. The zero-order valence-corrected chi connectivity index (χ0v) is 12.6. The molecular weight excluding hydrogens is 260 g/mol. The molecule has 0 saturated heterocycles. The van der Waals surface area contributed by atoms with Crippen molar-refractivity contribution in [2.24, 2.45) is 0 Å². The van der Waals surface area contributed by atoms with Gasteiger partial charge in [0.2, 0.25) is 0 Å². The summed E-state index contributed by atoms with van der Waals surface area (Å²) in [5.41, 5.74) is 4.41. The van der Waals surface area contributed by atoms with Crippen LogP contribution in [0.2, 0.25) is 0 Å². The van der Waals surface area contributed by atoms with Gasteiger partial charge in [0.25, 0.3) is 0 Å². The van der Waals surface area contributed by atoms with Crippen molar-refractivity contribution >= 4 is 16.8 Å². The lowest BCUT2D eigenvalue weighted by molar-refractivity contribution is 0.103. The number of furan rings is 1. The summed E-state index contributed by atoms with van der Waals surface area (Å²) in [4.78, 5) is 13.0. The minimum absolute atomic E-state index is 0.0503. The number of rotatable bonds is 3. The number of ketones is 1. The summed E-state index contributed by atoms with van der Waals surface area (Å²) in [5.74, 6) is 0.815. The van der Waals surface area contributed by atoms with E-state index >= 15 is 0 Å². The van der Waals surface area contributed by atoms with Crippen molar-refractivity contribution in [1.29, 1.82) is 0 Å². The average molecular weight is 278 g/mol. The zero-order valence-electron chi connectivity index (χ0n) is 12.6. The van der Waals surface area contributed by atoms with Crippen LogP contribution in [-0.4, -0.2) is 5.78 Å². The lowest BCUT2D eigenvalue weighted by atomic mass is 9.95. The number of hydrogen-bond donors (Lipinski definition) is 0. The Morgan fingerprint density at radius 2 is 1.86 bits per heavy atom. The molecule has 0 spiro atoms. The maximum atomic E-state index is 13.0. The Labute approximate surface area is 124 Å². The van der Waals surface area contributed by atoms with Crippen LogP contribution in [0.4, 0.5) is 0 Å². The van der Waals surface area contributed by atoms with Crippen LogP contribution in [0.15, 0.2) is 46.9 Å². The van der Waals surface area contributed by atoms with Crippen molar-refractivity contribution in [3.05, 3.63) is 70.5 Å². The van der Waals surface area contributed by atoms with Crippen LogP contribution >= 0.6 is 0 Å². The molecule has 0 N–H and O–H groups in total. The standard InChI is InChI=1S/C19H18O2/c1-4-16-18(15-7-5-6-8-17(15)21-16)19(20)14-10-9-12(2)11-13(14)3/h5-11H,4H2,1-3H3. The molecule has 0 saturated carbocycles. The Hall–Kier alpha value is -2.35. The number of benzene rings is 2. The third-order valence-electron chi connectivity index (χ3n) is 3.84. The third-order valence-corrected chi connectivity index (χ3v) is 3.84. The third kappa shape index (κ3) is 2.27. The molecule has 2 nitrogen and oxygen atoms in total. The molecule has 0 radical (unpaired) electrons. The predicted molar refractivity (Wildman–Crippen MR) is 84.9 cm³/mol. The van der Waals surface area contributed by atoms with Crippen LogP contribution in [0.5, 0.6) is 0 Å². The van der Waals surface area contributed by atoms with Crippen molar-refractivity contribution < 1.29 is 9.21 Å². The lowest BCUT2D eigenvalue weighted by Gasteiger charge is -2.06. The van der Waals surface area contributed by atoms with Gasteiger partial charge in [0.05, 0.1) is 5.56 Å². The number of aryl methyl sites for hydroxylation is 3. The van der Waals surface area contributed by atoms with E-state index < -0.39 is 0 Å². The molecule has 3 rings (SSSR count). The molecule has 0 aliphatic carbocycles. The van der Waals surface area contributed by atoms with E-state index in [0.717, 1.165) is 33.4 Å². The van der Waals surface area contributed by atoms with E-state index in [2.05, 4.69) is 0 Å². The fraction of sp³-hybridized carbons (Fsp3) is 0.211. The molecule has 0 atom stereocenters. The first-order valence-electron chi connectivity index (χ1n) is 7.24. The molecule has 2 aromatic carbocycles. The molecule has 0 bridgehead atoms. The molecule has 0 aliphatic heterocycles. The van der Waals surface area contributed by atoms with E-state index in [1.807, 2.05) is 63.2 Å². The number of fused-ring (bicyclic) bond motifs is 1. The van der Waals surface area contributed by atoms with Crippen LogP contribution in [0.3, 0.4) is 0 Å². The highest BCUT2D eigenvalue weighted by Gasteiger charge is 2.21. The zero-order chi connectivity index (χ0) is 15.0. The second-order valence-corrected chi connectivity index (χ2v) is 5.40. The van der Waals surface area contributed by atoms with Crippen molar-refractivity contribution in [2.75, 3.05) is 0 Å². The summed E-state index contributed by atoms with van der Waals surface area (Å²) in [5, 5.41) is 0.902. The van der Waals surface area contributed by atoms with Gasteiger partial charge in [-0.2, -0.15) is 0 Å². The van der Waals surface area contributed by atoms with Crippen LogP contribution in [-0.2, 0) is 6.42 Å².